The average molecular weight is 198 g/mol. The maximum atomic E-state index is 11.3. The van der Waals surface area contributed by atoms with Gasteiger partial charge in [0.15, 0.2) is 0 Å². The first kappa shape index (κ1) is 10.3. The Hall–Kier alpha value is -0.830. The van der Waals surface area contributed by atoms with E-state index in [1.807, 2.05) is 19.9 Å². The molecule has 0 aliphatic heterocycles. The van der Waals surface area contributed by atoms with E-state index in [0.717, 1.165) is 11.3 Å². The molecule has 0 spiro atoms. The monoisotopic (exact) mass is 198 g/mol. The van der Waals surface area contributed by atoms with Gasteiger partial charge in [-0.3, -0.25) is 0 Å². The molecule has 72 valence electrons. The van der Waals surface area contributed by atoms with Gasteiger partial charge >= 0.3 is 5.97 Å². The van der Waals surface area contributed by atoms with Gasteiger partial charge in [-0.15, -0.1) is 11.3 Å². The minimum Gasteiger partial charge on any atom is -0.462 e. The van der Waals surface area contributed by atoms with Crippen LogP contribution in [0.2, 0.25) is 0 Å². The Kier molecular flexibility index (Phi) is 3.48. The summed E-state index contributed by atoms with van der Waals surface area (Å²) in [6.45, 7) is 6.38. The SMILES string of the molecule is CCOC(=O)c1cc(CC)c(C)s1. The summed E-state index contributed by atoms with van der Waals surface area (Å²) in [6, 6.07) is 1.93. The van der Waals surface area contributed by atoms with E-state index >= 15 is 0 Å². The lowest BCUT2D eigenvalue weighted by Crippen LogP contribution is -2.01. The molecule has 13 heavy (non-hydrogen) atoms. The van der Waals surface area contributed by atoms with E-state index in [1.165, 1.54) is 21.8 Å². The van der Waals surface area contributed by atoms with Crippen molar-refractivity contribution in [3.63, 3.8) is 0 Å². The van der Waals surface area contributed by atoms with Gasteiger partial charge in [0.1, 0.15) is 4.88 Å². The van der Waals surface area contributed by atoms with Crippen LogP contribution in [0.15, 0.2) is 6.07 Å². The second kappa shape index (κ2) is 4.42. The number of thiophene rings is 1. The van der Waals surface area contributed by atoms with Crippen molar-refractivity contribution in [3.8, 4) is 0 Å². The number of hydrogen-bond acceptors (Lipinski definition) is 3. The summed E-state index contributed by atoms with van der Waals surface area (Å²) in [5, 5.41) is 0. The molecule has 1 rings (SSSR count). The predicted octanol–water partition coefficient (Wildman–Crippen LogP) is 2.80. The Labute approximate surface area is 82.5 Å². The zero-order chi connectivity index (χ0) is 9.84. The van der Waals surface area contributed by atoms with E-state index in [2.05, 4.69) is 6.92 Å². The van der Waals surface area contributed by atoms with Crippen LogP contribution >= 0.6 is 11.3 Å². The molecule has 1 heterocycles. The van der Waals surface area contributed by atoms with Crippen LogP contribution in [0.5, 0.6) is 0 Å². The Balaban J connectivity index is 2.84. The summed E-state index contributed by atoms with van der Waals surface area (Å²) in [5.41, 5.74) is 1.24. The first-order chi connectivity index (χ1) is 6.19. The van der Waals surface area contributed by atoms with Gasteiger partial charge < -0.3 is 4.74 Å². The van der Waals surface area contributed by atoms with Crippen molar-refractivity contribution in [2.75, 3.05) is 6.61 Å². The molecule has 0 bridgehead atoms. The molecule has 3 heteroatoms. The van der Waals surface area contributed by atoms with Crippen molar-refractivity contribution >= 4 is 17.3 Å². The quantitative estimate of drug-likeness (QED) is 0.698. The molecule has 0 N–H and O–H groups in total. The largest absolute Gasteiger partial charge is 0.462 e. The summed E-state index contributed by atoms with van der Waals surface area (Å²) >= 11 is 1.51. The molecule has 2 nitrogen and oxygen atoms in total. The lowest BCUT2D eigenvalue weighted by molar-refractivity contribution is 0.0532. The highest BCUT2D eigenvalue weighted by Gasteiger charge is 2.11. The van der Waals surface area contributed by atoms with Gasteiger partial charge in [0.25, 0.3) is 0 Å². The number of ether oxygens (including phenoxy) is 1. The van der Waals surface area contributed by atoms with Crippen molar-refractivity contribution in [2.24, 2.45) is 0 Å². The minimum atomic E-state index is -0.199. The maximum Gasteiger partial charge on any atom is 0.348 e. The van der Waals surface area contributed by atoms with Gasteiger partial charge in [-0.25, -0.2) is 4.79 Å². The lowest BCUT2D eigenvalue weighted by atomic mass is 10.2. The third kappa shape index (κ3) is 2.31. The van der Waals surface area contributed by atoms with E-state index in [1.54, 1.807) is 0 Å². The number of hydrogen-bond donors (Lipinski definition) is 0. The van der Waals surface area contributed by atoms with Gasteiger partial charge in [0.05, 0.1) is 6.61 Å². The third-order valence-electron chi connectivity index (χ3n) is 1.88. The molecular weight excluding hydrogens is 184 g/mol. The fraction of sp³-hybridized carbons (Fsp3) is 0.500. The third-order valence-corrected chi connectivity index (χ3v) is 2.95. The number of aryl methyl sites for hydroxylation is 2. The van der Waals surface area contributed by atoms with Crippen LogP contribution in [0.25, 0.3) is 0 Å². The van der Waals surface area contributed by atoms with E-state index in [0.29, 0.717) is 6.61 Å². The molecule has 1 aromatic heterocycles. The van der Waals surface area contributed by atoms with Crippen LogP contribution in [-0.4, -0.2) is 12.6 Å². The highest BCUT2D eigenvalue weighted by atomic mass is 32.1. The normalized spacial score (nSPS) is 10.1. The summed E-state index contributed by atoms with van der Waals surface area (Å²) in [6.07, 6.45) is 0.974. The lowest BCUT2D eigenvalue weighted by Gasteiger charge is -1.96. The Morgan fingerprint density at radius 3 is 2.69 bits per heavy atom. The smallest absolute Gasteiger partial charge is 0.348 e. The Bertz CT molecular complexity index is 302. The van der Waals surface area contributed by atoms with Crippen molar-refractivity contribution in [2.45, 2.75) is 27.2 Å². The van der Waals surface area contributed by atoms with Crippen molar-refractivity contribution in [1.82, 2.24) is 0 Å². The molecule has 0 amide bonds. The molecule has 0 aliphatic carbocycles. The summed E-state index contributed by atoms with van der Waals surface area (Å²) in [7, 11) is 0. The zero-order valence-electron chi connectivity index (χ0n) is 8.22. The molecule has 0 saturated carbocycles. The van der Waals surface area contributed by atoms with Crippen molar-refractivity contribution < 1.29 is 9.53 Å². The van der Waals surface area contributed by atoms with Gasteiger partial charge in [0, 0.05) is 4.88 Å². The highest BCUT2D eigenvalue weighted by molar-refractivity contribution is 7.14. The number of carbonyl (C=O) groups is 1. The average Bonchev–Trinajstić information content (AvgIpc) is 2.47. The zero-order valence-corrected chi connectivity index (χ0v) is 9.03. The van der Waals surface area contributed by atoms with Crippen LogP contribution in [0.4, 0.5) is 0 Å². The van der Waals surface area contributed by atoms with E-state index < -0.39 is 0 Å². The number of rotatable bonds is 3. The highest BCUT2D eigenvalue weighted by Crippen LogP contribution is 2.22. The van der Waals surface area contributed by atoms with Gasteiger partial charge in [-0.1, -0.05) is 6.92 Å². The van der Waals surface area contributed by atoms with E-state index in [9.17, 15) is 4.79 Å². The molecule has 0 fully saturated rings. The van der Waals surface area contributed by atoms with Crippen LogP contribution in [0.1, 0.15) is 34.0 Å². The fourth-order valence-electron chi connectivity index (χ4n) is 1.17. The summed E-state index contributed by atoms with van der Waals surface area (Å²) in [4.78, 5) is 13.2. The summed E-state index contributed by atoms with van der Waals surface area (Å²) in [5.74, 6) is -0.199. The molecule has 0 unspecified atom stereocenters. The van der Waals surface area contributed by atoms with Crippen molar-refractivity contribution in [3.05, 3.63) is 21.4 Å². The van der Waals surface area contributed by atoms with Crippen LogP contribution in [-0.2, 0) is 11.2 Å². The Morgan fingerprint density at radius 2 is 2.23 bits per heavy atom. The second-order valence-corrected chi connectivity index (χ2v) is 4.02. The molecule has 0 atom stereocenters. The van der Waals surface area contributed by atoms with Gasteiger partial charge in [-0.2, -0.15) is 0 Å². The van der Waals surface area contributed by atoms with Crippen LogP contribution in [0, 0.1) is 6.92 Å². The maximum absolute atomic E-state index is 11.3. The molecular formula is C10H14O2S. The fourth-order valence-corrected chi connectivity index (χ4v) is 2.18. The molecule has 0 aromatic carbocycles. The van der Waals surface area contributed by atoms with Crippen LogP contribution < -0.4 is 0 Å². The van der Waals surface area contributed by atoms with Crippen LogP contribution in [0.3, 0.4) is 0 Å². The number of esters is 1. The molecule has 0 radical (unpaired) electrons. The first-order valence-corrected chi connectivity index (χ1v) is 5.27. The second-order valence-electron chi connectivity index (χ2n) is 2.77. The molecule has 0 aliphatic rings. The van der Waals surface area contributed by atoms with Gasteiger partial charge in [0.2, 0.25) is 0 Å². The predicted molar refractivity (Wildman–Crippen MR) is 54.4 cm³/mol. The number of carbonyl (C=O) groups excluding carboxylic acids is 1. The standard InChI is InChI=1S/C10H14O2S/c1-4-8-6-9(13-7(8)3)10(11)12-5-2/h6H,4-5H2,1-3H3. The van der Waals surface area contributed by atoms with Crippen molar-refractivity contribution in [1.29, 1.82) is 0 Å². The topological polar surface area (TPSA) is 26.3 Å². The van der Waals surface area contributed by atoms with Gasteiger partial charge in [-0.05, 0) is 31.9 Å². The Morgan fingerprint density at radius 1 is 1.54 bits per heavy atom. The van der Waals surface area contributed by atoms with E-state index in [-0.39, 0.29) is 5.97 Å². The first-order valence-electron chi connectivity index (χ1n) is 4.45. The molecule has 1 aromatic rings. The molecule has 0 saturated heterocycles. The van der Waals surface area contributed by atoms with E-state index in [4.69, 9.17) is 4.74 Å². The minimum absolute atomic E-state index is 0.199. The summed E-state index contributed by atoms with van der Waals surface area (Å²) < 4.78 is 4.91.